The summed E-state index contributed by atoms with van der Waals surface area (Å²) in [6.45, 7) is 4.47. The number of aromatic amines is 1. The van der Waals surface area contributed by atoms with Crippen LogP contribution in [0, 0.1) is 11.7 Å². The second-order valence-electron chi connectivity index (χ2n) is 6.43. The van der Waals surface area contributed by atoms with Crippen molar-refractivity contribution in [3.63, 3.8) is 0 Å². The molecule has 0 fully saturated rings. The summed E-state index contributed by atoms with van der Waals surface area (Å²) in [5, 5.41) is 10.2. The van der Waals surface area contributed by atoms with E-state index in [0.29, 0.717) is 17.7 Å². The molecule has 1 amide bonds. The number of halogens is 1. The van der Waals surface area contributed by atoms with Crippen molar-refractivity contribution in [2.75, 3.05) is 0 Å². The molecule has 0 aliphatic carbocycles. The summed E-state index contributed by atoms with van der Waals surface area (Å²) in [6, 6.07) is 15.9. The van der Waals surface area contributed by atoms with Gasteiger partial charge in [-0.05, 0) is 43.8 Å². The summed E-state index contributed by atoms with van der Waals surface area (Å²) in [6.07, 6.45) is 0.321. The Labute approximate surface area is 171 Å². The zero-order valence-corrected chi connectivity index (χ0v) is 17.6. The van der Waals surface area contributed by atoms with Crippen LogP contribution in [0.4, 0.5) is 0 Å². The van der Waals surface area contributed by atoms with E-state index >= 15 is 0 Å². The second-order valence-corrected chi connectivity index (χ2v) is 7.68. The maximum Gasteiger partial charge on any atom is 0.222 e. The Hall–Kier alpha value is -2.25. The summed E-state index contributed by atoms with van der Waals surface area (Å²) < 4.78 is 3.36. The van der Waals surface area contributed by atoms with E-state index in [1.54, 1.807) is 0 Å². The van der Waals surface area contributed by atoms with Gasteiger partial charge in [0.15, 0.2) is 10.6 Å². The van der Waals surface area contributed by atoms with Crippen LogP contribution in [0.1, 0.15) is 30.5 Å². The number of benzene rings is 2. The molecule has 5 nitrogen and oxygen atoms in total. The number of aromatic nitrogens is 3. The Kier molecular flexibility index (Phi) is 6.23. The van der Waals surface area contributed by atoms with E-state index in [-0.39, 0.29) is 11.9 Å². The highest BCUT2D eigenvalue weighted by Crippen LogP contribution is 2.23. The number of nitrogens with zero attached hydrogens (tertiary/aromatic N) is 2. The van der Waals surface area contributed by atoms with Crippen LogP contribution in [0.15, 0.2) is 53.0 Å². The summed E-state index contributed by atoms with van der Waals surface area (Å²) >= 11 is 8.87. The summed E-state index contributed by atoms with van der Waals surface area (Å²) in [7, 11) is 0. The highest BCUT2D eigenvalue weighted by Gasteiger charge is 2.14. The van der Waals surface area contributed by atoms with Crippen molar-refractivity contribution in [1.29, 1.82) is 0 Å². The van der Waals surface area contributed by atoms with Crippen molar-refractivity contribution in [1.82, 2.24) is 20.1 Å². The van der Waals surface area contributed by atoms with Crippen LogP contribution >= 0.6 is 28.1 Å². The molecule has 0 radical (unpaired) electrons. The van der Waals surface area contributed by atoms with E-state index in [0.717, 1.165) is 27.0 Å². The van der Waals surface area contributed by atoms with E-state index in [9.17, 15) is 4.79 Å². The van der Waals surface area contributed by atoms with Crippen molar-refractivity contribution in [3.05, 3.63) is 68.9 Å². The minimum Gasteiger partial charge on any atom is -0.349 e. The quantitative estimate of drug-likeness (QED) is 0.528. The Morgan fingerprint density at radius 2 is 2.07 bits per heavy atom. The molecule has 1 heterocycles. The minimum atomic E-state index is -0.0818. The van der Waals surface area contributed by atoms with Crippen LogP contribution in [0.5, 0.6) is 0 Å². The normalized spacial score (nSPS) is 12.0. The van der Waals surface area contributed by atoms with Gasteiger partial charge in [0.25, 0.3) is 0 Å². The Morgan fingerprint density at radius 1 is 1.30 bits per heavy atom. The molecule has 2 N–H and O–H groups in total. The van der Waals surface area contributed by atoms with Gasteiger partial charge in [-0.25, -0.2) is 0 Å². The molecule has 1 unspecified atom stereocenters. The predicted molar refractivity (Wildman–Crippen MR) is 113 cm³/mol. The number of hydrogen-bond donors (Lipinski definition) is 2. The molecule has 0 aliphatic rings. The fourth-order valence-electron chi connectivity index (χ4n) is 2.96. The lowest BCUT2D eigenvalue weighted by atomic mass is 10.1. The van der Waals surface area contributed by atoms with E-state index in [4.69, 9.17) is 12.2 Å². The third-order valence-corrected chi connectivity index (χ3v) is 5.38. The predicted octanol–water partition coefficient (Wildman–Crippen LogP) is 4.95. The first kappa shape index (κ1) is 19.5. The fraction of sp³-hybridized carbons (Fsp3) is 0.250. The highest BCUT2D eigenvalue weighted by molar-refractivity contribution is 9.10. The minimum absolute atomic E-state index is 0.0310. The zero-order chi connectivity index (χ0) is 19.4. The fourth-order valence-corrected chi connectivity index (χ4v) is 3.81. The summed E-state index contributed by atoms with van der Waals surface area (Å²) in [5.74, 6) is 0.715. The average molecular weight is 445 g/mol. The molecule has 2 aromatic carbocycles. The second kappa shape index (κ2) is 8.63. The van der Waals surface area contributed by atoms with Gasteiger partial charge < -0.3 is 5.32 Å². The van der Waals surface area contributed by atoms with Crippen LogP contribution in [0.2, 0.25) is 0 Å². The molecular formula is C20H21BrN4OS. The van der Waals surface area contributed by atoms with Crippen LogP contribution in [-0.4, -0.2) is 20.7 Å². The van der Waals surface area contributed by atoms with Gasteiger partial charge in [0.1, 0.15) is 0 Å². The smallest absolute Gasteiger partial charge is 0.222 e. The summed E-state index contributed by atoms with van der Waals surface area (Å²) in [4.78, 5) is 12.4. The van der Waals surface area contributed by atoms with Gasteiger partial charge in [0.05, 0.1) is 6.04 Å². The molecule has 1 aromatic heterocycles. The molecular weight excluding hydrogens is 424 g/mol. The molecule has 0 aliphatic heterocycles. The average Bonchev–Trinajstić information content (AvgIpc) is 3.01. The first-order valence-corrected chi connectivity index (χ1v) is 9.92. The van der Waals surface area contributed by atoms with Gasteiger partial charge in [-0.1, -0.05) is 57.9 Å². The number of hydrogen-bond acceptors (Lipinski definition) is 3. The highest BCUT2D eigenvalue weighted by atomic mass is 79.9. The van der Waals surface area contributed by atoms with Crippen LogP contribution in [-0.2, 0) is 11.3 Å². The number of rotatable bonds is 6. The van der Waals surface area contributed by atoms with E-state index in [1.807, 2.05) is 60.9 Å². The number of nitrogens with one attached hydrogen (secondary N) is 2. The number of aryl methyl sites for hydroxylation is 1. The number of H-pyrrole nitrogens is 1. The number of carbonyl (C=O) groups excluding carboxylic acids is 1. The van der Waals surface area contributed by atoms with Crippen molar-refractivity contribution in [2.45, 2.75) is 32.9 Å². The zero-order valence-electron chi connectivity index (χ0n) is 15.2. The monoisotopic (exact) mass is 444 g/mol. The molecule has 3 rings (SSSR count). The standard InChI is InChI=1S/C20H21BrN4OS/c1-13-6-5-7-15(12-13)19-23-24-20(27)25(19)11-10-18(26)22-14(2)16-8-3-4-9-17(16)21/h3-9,12,14H,10-11H2,1-2H3,(H,22,26)(H,24,27). The Bertz CT molecular complexity index is 1010. The van der Waals surface area contributed by atoms with Gasteiger partial charge in [-0.2, -0.15) is 5.10 Å². The molecule has 7 heteroatoms. The van der Waals surface area contributed by atoms with Crippen molar-refractivity contribution in [2.24, 2.45) is 0 Å². The maximum atomic E-state index is 12.4. The van der Waals surface area contributed by atoms with Crippen LogP contribution in [0.3, 0.4) is 0 Å². The molecule has 140 valence electrons. The Balaban J connectivity index is 1.69. The van der Waals surface area contributed by atoms with Gasteiger partial charge in [0, 0.05) is 23.0 Å². The summed E-state index contributed by atoms with van der Waals surface area (Å²) in [5.41, 5.74) is 3.17. The molecule has 0 bridgehead atoms. The molecule has 0 saturated carbocycles. The first-order chi connectivity index (χ1) is 13.0. The maximum absolute atomic E-state index is 12.4. The molecule has 0 spiro atoms. The molecule has 1 atom stereocenters. The lowest BCUT2D eigenvalue weighted by Crippen LogP contribution is -2.27. The first-order valence-electron chi connectivity index (χ1n) is 8.71. The van der Waals surface area contributed by atoms with Crippen LogP contribution < -0.4 is 5.32 Å². The molecule has 27 heavy (non-hydrogen) atoms. The van der Waals surface area contributed by atoms with Gasteiger partial charge >= 0.3 is 0 Å². The Morgan fingerprint density at radius 3 is 2.81 bits per heavy atom. The lowest BCUT2D eigenvalue weighted by molar-refractivity contribution is -0.121. The SMILES string of the molecule is Cc1cccc(-c2n[nH]c(=S)n2CCC(=O)NC(C)c2ccccc2Br)c1. The third-order valence-electron chi connectivity index (χ3n) is 4.35. The van der Waals surface area contributed by atoms with Gasteiger partial charge in [-0.3, -0.25) is 14.5 Å². The number of carbonyl (C=O) groups is 1. The van der Waals surface area contributed by atoms with E-state index in [1.165, 1.54) is 0 Å². The van der Waals surface area contributed by atoms with E-state index in [2.05, 4.69) is 37.5 Å². The third kappa shape index (κ3) is 4.73. The van der Waals surface area contributed by atoms with Gasteiger partial charge in [-0.15, -0.1) is 0 Å². The van der Waals surface area contributed by atoms with Crippen LogP contribution in [0.25, 0.3) is 11.4 Å². The largest absolute Gasteiger partial charge is 0.349 e. The van der Waals surface area contributed by atoms with Gasteiger partial charge in [0.2, 0.25) is 5.91 Å². The van der Waals surface area contributed by atoms with Crippen molar-refractivity contribution < 1.29 is 4.79 Å². The van der Waals surface area contributed by atoms with E-state index < -0.39 is 0 Å². The van der Waals surface area contributed by atoms with Crippen molar-refractivity contribution >= 4 is 34.1 Å². The molecule has 3 aromatic rings. The lowest BCUT2D eigenvalue weighted by Gasteiger charge is -2.16. The molecule has 0 saturated heterocycles. The van der Waals surface area contributed by atoms with Crippen molar-refractivity contribution in [3.8, 4) is 11.4 Å². The topological polar surface area (TPSA) is 62.7 Å². The number of amides is 1.